The molecule has 0 aliphatic heterocycles. The van der Waals surface area contributed by atoms with Crippen LogP contribution in [-0.4, -0.2) is 67.7 Å². The maximum absolute atomic E-state index is 12.4. The van der Waals surface area contributed by atoms with Gasteiger partial charge in [-0.25, -0.2) is 0 Å². The Morgan fingerprint density at radius 1 is 1.44 bits per heavy atom. The molecule has 1 aliphatic rings. The number of nitrogens with one attached hydrogen (secondary N) is 2. The number of H-pyrrole nitrogens is 1. The van der Waals surface area contributed by atoms with Crippen LogP contribution in [0.3, 0.4) is 0 Å². The molecule has 1 heterocycles. The molecule has 1 aromatic heterocycles. The fourth-order valence-electron chi connectivity index (χ4n) is 3.28. The van der Waals surface area contributed by atoms with Crippen LogP contribution in [-0.2, 0) is 15.8 Å². The number of carbonyl (C=O) groups excluding carboxylic acids is 1. The Hall–Kier alpha value is -0.612. The number of aromatic amines is 1. The average Bonchev–Trinajstić information content (AvgIpc) is 3.05. The molecule has 25 heavy (non-hydrogen) atoms. The summed E-state index contributed by atoms with van der Waals surface area (Å²) in [7, 11) is -3.37. The third kappa shape index (κ3) is 7.65. The van der Waals surface area contributed by atoms with E-state index < -0.39 is 13.5 Å². The maximum atomic E-state index is 12.4. The van der Waals surface area contributed by atoms with Crippen LogP contribution in [0.2, 0.25) is 4.71 Å². The molecule has 140 valence electrons. The zero-order valence-electron chi connectivity index (χ0n) is 14.3. The third-order valence-electron chi connectivity index (χ3n) is 4.55. The van der Waals surface area contributed by atoms with Crippen molar-refractivity contribution in [2.24, 2.45) is 5.92 Å². The van der Waals surface area contributed by atoms with Gasteiger partial charge in [-0.05, 0) is 0 Å². The summed E-state index contributed by atoms with van der Waals surface area (Å²) < 4.78 is 12.0. The normalized spacial score (nSPS) is 20.6. The summed E-state index contributed by atoms with van der Waals surface area (Å²) in [6.07, 6.45) is 8.29. The Kier molecular flexibility index (Phi) is 8.21. The molecule has 1 fully saturated rings. The molecule has 1 aliphatic carbocycles. The van der Waals surface area contributed by atoms with E-state index in [-0.39, 0.29) is 35.4 Å². The van der Waals surface area contributed by atoms with Gasteiger partial charge in [-0.2, -0.15) is 0 Å². The standard InChI is InChI=1S/C16H27AsN3O4P/c17-15(6-13-7-18-11-20-13)16(22)19-8-14(21)10-25(23,24)9-12-4-2-1-3-5-12/h7,11-12,14-15,21H,1-6,8-10H2,(H,18,20)(H,19,22)(H,23,24)/t14-,15+/m1/s1. The van der Waals surface area contributed by atoms with E-state index in [2.05, 4.69) is 32.1 Å². The van der Waals surface area contributed by atoms with Crippen molar-refractivity contribution >= 4 is 30.1 Å². The van der Waals surface area contributed by atoms with Gasteiger partial charge in [0.05, 0.1) is 0 Å². The number of aliphatic hydroxyl groups is 1. The fraction of sp³-hybridized carbons (Fsp3) is 0.750. The van der Waals surface area contributed by atoms with Gasteiger partial charge in [-0.15, -0.1) is 0 Å². The number of nitrogens with zero attached hydrogens (tertiary/aromatic N) is 1. The van der Waals surface area contributed by atoms with Gasteiger partial charge in [-0.3, -0.25) is 0 Å². The second-order valence-corrected chi connectivity index (χ2v) is 10.6. The first-order valence-corrected chi connectivity index (χ1v) is 11.9. The van der Waals surface area contributed by atoms with Crippen molar-refractivity contribution in [3.05, 3.63) is 18.2 Å². The Morgan fingerprint density at radius 2 is 2.16 bits per heavy atom. The average molecular weight is 431 g/mol. The molecular formula is C16H27AsN3O4P. The van der Waals surface area contributed by atoms with Crippen LogP contribution in [0.4, 0.5) is 0 Å². The topological polar surface area (TPSA) is 115 Å². The predicted octanol–water partition coefficient (Wildman–Crippen LogP) is 1.24. The molecule has 2 rings (SSSR count). The van der Waals surface area contributed by atoms with Crippen LogP contribution in [0.1, 0.15) is 37.8 Å². The summed E-state index contributed by atoms with van der Waals surface area (Å²) in [5.74, 6) is 0.0757. The van der Waals surface area contributed by atoms with Crippen molar-refractivity contribution in [2.75, 3.05) is 18.9 Å². The van der Waals surface area contributed by atoms with Crippen LogP contribution in [0.25, 0.3) is 0 Å². The summed E-state index contributed by atoms with van der Waals surface area (Å²) in [5.41, 5.74) is 0.855. The molecule has 0 saturated heterocycles. The summed E-state index contributed by atoms with van der Waals surface area (Å²) in [6, 6.07) is 0. The fourth-order valence-corrected chi connectivity index (χ4v) is 5.99. The van der Waals surface area contributed by atoms with E-state index in [1.165, 1.54) is 6.42 Å². The molecule has 0 spiro atoms. The molecule has 1 amide bonds. The van der Waals surface area contributed by atoms with Crippen molar-refractivity contribution in [3.8, 4) is 0 Å². The first-order chi connectivity index (χ1) is 11.9. The van der Waals surface area contributed by atoms with E-state index in [4.69, 9.17) is 0 Å². The number of aromatic nitrogens is 2. The van der Waals surface area contributed by atoms with Crippen molar-refractivity contribution in [3.63, 3.8) is 0 Å². The minimum atomic E-state index is -3.37. The van der Waals surface area contributed by atoms with Gasteiger partial charge >= 0.3 is 157 Å². The zero-order valence-corrected chi connectivity index (χ0v) is 17.1. The second kappa shape index (κ2) is 9.91. The van der Waals surface area contributed by atoms with E-state index in [0.29, 0.717) is 6.42 Å². The first kappa shape index (κ1) is 20.7. The molecule has 1 unspecified atom stereocenters. The van der Waals surface area contributed by atoms with Gasteiger partial charge in [0.1, 0.15) is 0 Å². The van der Waals surface area contributed by atoms with Crippen LogP contribution in [0.15, 0.2) is 12.5 Å². The molecule has 0 aromatic carbocycles. The Labute approximate surface area is 157 Å². The van der Waals surface area contributed by atoms with Gasteiger partial charge < -0.3 is 0 Å². The summed E-state index contributed by atoms with van der Waals surface area (Å²) in [5, 5.41) is 12.7. The number of amides is 1. The van der Waals surface area contributed by atoms with E-state index in [0.717, 1.165) is 31.4 Å². The zero-order chi connectivity index (χ0) is 18.3. The Balaban J connectivity index is 1.70. The molecule has 4 N–H and O–H groups in total. The molecular weight excluding hydrogens is 404 g/mol. The molecule has 0 bridgehead atoms. The van der Waals surface area contributed by atoms with Crippen LogP contribution < -0.4 is 5.32 Å². The van der Waals surface area contributed by atoms with Gasteiger partial charge in [0.2, 0.25) is 0 Å². The third-order valence-corrected chi connectivity index (χ3v) is 7.50. The number of aliphatic hydroxyl groups excluding tert-OH is 1. The van der Waals surface area contributed by atoms with Crippen LogP contribution in [0.5, 0.6) is 0 Å². The van der Waals surface area contributed by atoms with E-state index in [1.54, 1.807) is 12.5 Å². The van der Waals surface area contributed by atoms with E-state index >= 15 is 0 Å². The minimum absolute atomic E-state index is 0.00864. The molecule has 9 heteroatoms. The van der Waals surface area contributed by atoms with Gasteiger partial charge in [-0.1, -0.05) is 0 Å². The number of rotatable bonds is 9. The monoisotopic (exact) mass is 431 g/mol. The van der Waals surface area contributed by atoms with Gasteiger partial charge in [0.25, 0.3) is 0 Å². The number of hydrogen-bond donors (Lipinski definition) is 4. The van der Waals surface area contributed by atoms with Gasteiger partial charge in [0, 0.05) is 0 Å². The molecule has 7 nitrogen and oxygen atoms in total. The molecule has 2 radical (unpaired) electrons. The molecule has 1 aromatic rings. The summed E-state index contributed by atoms with van der Waals surface area (Å²) in [4.78, 5) is 29.0. The van der Waals surface area contributed by atoms with Crippen molar-refractivity contribution < 1.29 is 19.4 Å². The second-order valence-electron chi connectivity index (χ2n) is 6.91. The van der Waals surface area contributed by atoms with E-state index in [9.17, 15) is 19.4 Å². The number of hydrogen-bond acceptors (Lipinski definition) is 4. The van der Waals surface area contributed by atoms with E-state index in [1.807, 2.05) is 0 Å². The van der Waals surface area contributed by atoms with Crippen molar-refractivity contribution in [1.29, 1.82) is 0 Å². The number of imidazole rings is 1. The quantitative estimate of drug-likeness (QED) is 0.347. The predicted molar refractivity (Wildman–Crippen MR) is 96.9 cm³/mol. The number of carbonyl (C=O) groups is 1. The SMILES string of the molecule is O=C(NC[C@@H](O)CP(=O)(O)CC1CCCCC1)[C@@H]([As])Cc1cnc[nH]1. The first-order valence-electron chi connectivity index (χ1n) is 8.77. The molecule has 3 atom stereocenters. The van der Waals surface area contributed by atoms with Gasteiger partial charge in [0.15, 0.2) is 0 Å². The van der Waals surface area contributed by atoms with Crippen LogP contribution in [0, 0.1) is 5.92 Å². The van der Waals surface area contributed by atoms with Crippen molar-refractivity contribution in [2.45, 2.75) is 49.3 Å². The Bertz CT molecular complexity index is 578. The summed E-state index contributed by atoms with van der Waals surface area (Å²) in [6.45, 7) is -0.00864. The Morgan fingerprint density at radius 3 is 2.80 bits per heavy atom. The molecule has 1 saturated carbocycles. The summed E-state index contributed by atoms with van der Waals surface area (Å²) >= 11 is 2.29. The van der Waals surface area contributed by atoms with Crippen LogP contribution >= 0.6 is 7.37 Å². The van der Waals surface area contributed by atoms with Crippen molar-refractivity contribution in [1.82, 2.24) is 15.3 Å².